The van der Waals surface area contributed by atoms with Crippen LogP contribution in [0.1, 0.15) is 52.5 Å². The van der Waals surface area contributed by atoms with Crippen LogP contribution in [0.15, 0.2) is 30.3 Å². The quantitative estimate of drug-likeness (QED) is 0.624. The minimum atomic E-state index is 0.490. The number of benzene rings is 1. The lowest BCUT2D eigenvalue weighted by atomic mass is 9.74. The Labute approximate surface area is 101 Å². The molecule has 0 N–H and O–H groups in total. The lowest BCUT2D eigenvalue weighted by Crippen LogP contribution is -2.21. The van der Waals surface area contributed by atoms with E-state index in [-0.39, 0.29) is 0 Å². The molecule has 0 saturated heterocycles. The topological polar surface area (TPSA) is 0 Å². The first-order valence-corrected chi connectivity index (χ1v) is 6.60. The summed E-state index contributed by atoms with van der Waals surface area (Å²) in [4.78, 5) is 0. The maximum Gasteiger partial charge on any atom is -0.0276 e. The van der Waals surface area contributed by atoms with Gasteiger partial charge in [0.1, 0.15) is 0 Å². The van der Waals surface area contributed by atoms with Gasteiger partial charge in [0, 0.05) is 0 Å². The van der Waals surface area contributed by atoms with Crippen molar-refractivity contribution in [3.63, 3.8) is 0 Å². The molecule has 0 heteroatoms. The number of hydrogen-bond acceptors (Lipinski definition) is 0. The summed E-state index contributed by atoms with van der Waals surface area (Å²) in [5.41, 5.74) is 1.96. The third kappa shape index (κ3) is 4.00. The van der Waals surface area contributed by atoms with Gasteiger partial charge in [-0.05, 0) is 36.2 Å². The Morgan fingerprint density at radius 3 is 2.31 bits per heavy atom. The highest BCUT2D eigenvalue weighted by atomic mass is 14.3. The second-order valence-electron chi connectivity index (χ2n) is 5.66. The number of rotatable bonds is 6. The van der Waals surface area contributed by atoms with Crippen molar-refractivity contribution < 1.29 is 0 Å². The maximum absolute atomic E-state index is 2.41. The summed E-state index contributed by atoms with van der Waals surface area (Å²) in [5.74, 6) is 0.799. The van der Waals surface area contributed by atoms with Gasteiger partial charge in [0.15, 0.2) is 0 Å². The van der Waals surface area contributed by atoms with Gasteiger partial charge >= 0.3 is 0 Å². The van der Waals surface area contributed by atoms with Gasteiger partial charge < -0.3 is 0 Å². The van der Waals surface area contributed by atoms with E-state index in [1.807, 2.05) is 0 Å². The van der Waals surface area contributed by atoms with Crippen LogP contribution in [0.2, 0.25) is 0 Å². The van der Waals surface area contributed by atoms with E-state index in [9.17, 15) is 0 Å². The molecule has 0 bridgehead atoms. The summed E-state index contributed by atoms with van der Waals surface area (Å²) in [6.07, 6.45) is 5.15. The Bertz CT molecular complexity index is 284. The summed E-state index contributed by atoms with van der Waals surface area (Å²) < 4.78 is 0. The van der Waals surface area contributed by atoms with Crippen molar-refractivity contribution in [3.8, 4) is 0 Å². The first-order chi connectivity index (χ1) is 7.56. The molecule has 0 heterocycles. The molecule has 0 aromatic heterocycles. The number of hydrogen-bond donors (Lipinski definition) is 0. The molecule has 0 fully saturated rings. The highest BCUT2D eigenvalue weighted by Gasteiger charge is 2.24. The van der Waals surface area contributed by atoms with Crippen LogP contribution in [0.3, 0.4) is 0 Å². The summed E-state index contributed by atoms with van der Waals surface area (Å²) in [6, 6.07) is 10.8. The molecule has 0 aliphatic heterocycles. The Morgan fingerprint density at radius 2 is 1.75 bits per heavy atom. The van der Waals surface area contributed by atoms with Crippen LogP contribution in [0, 0.1) is 11.3 Å². The maximum atomic E-state index is 2.41. The van der Waals surface area contributed by atoms with Crippen molar-refractivity contribution in [2.45, 2.75) is 53.4 Å². The van der Waals surface area contributed by atoms with Gasteiger partial charge in [-0.2, -0.15) is 0 Å². The molecule has 0 aliphatic rings. The van der Waals surface area contributed by atoms with Crippen LogP contribution in [0.5, 0.6) is 0 Å². The monoisotopic (exact) mass is 218 g/mol. The van der Waals surface area contributed by atoms with Crippen molar-refractivity contribution in [2.24, 2.45) is 11.3 Å². The van der Waals surface area contributed by atoms with E-state index in [2.05, 4.69) is 58.0 Å². The molecule has 0 nitrogen and oxygen atoms in total. The van der Waals surface area contributed by atoms with Gasteiger partial charge in [-0.15, -0.1) is 0 Å². The van der Waals surface area contributed by atoms with Crippen LogP contribution in [-0.2, 0) is 6.42 Å². The van der Waals surface area contributed by atoms with Crippen LogP contribution < -0.4 is 0 Å². The summed E-state index contributed by atoms with van der Waals surface area (Å²) in [7, 11) is 0. The first kappa shape index (κ1) is 13.3. The van der Waals surface area contributed by atoms with Gasteiger partial charge in [-0.25, -0.2) is 0 Å². The molecular formula is C16H26. The zero-order chi connectivity index (χ0) is 12.0. The largest absolute Gasteiger partial charge is 0.0654 e. The fraction of sp³-hybridized carbons (Fsp3) is 0.625. The lowest BCUT2D eigenvalue weighted by molar-refractivity contribution is 0.198. The smallest absolute Gasteiger partial charge is 0.0276 e. The van der Waals surface area contributed by atoms with Gasteiger partial charge in [0.05, 0.1) is 0 Å². The SMILES string of the molecule is CCCC(C)(C)C(C)CCc1ccccc1. The summed E-state index contributed by atoms with van der Waals surface area (Å²) >= 11 is 0. The van der Waals surface area contributed by atoms with Crippen molar-refractivity contribution in [1.29, 1.82) is 0 Å². The average Bonchev–Trinajstić information content (AvgIpc) is 2.27. The highest BCUT2D eigenvalue weighted by Crippen LogP contribution is 2.34. The molecule has 0 amide bonds. The molecule has 1 aromatic rings. The van der Waals surface area contributed by atoms with Crippen molar-refractivity contribution >= 4 is 0 Å². The third-order valence-corrected chi connectivity index (χ3v) is 3.94. The first-order valence-electron chi connectivity index (χ1n) is 6.60. The van der Waals surface area contributed by atoms with Crippen LogP contribution in [-0.4, -0.2) is 0 Å². The van der Waals surface area contributed by atoms with Gasteiger partial charge in [0.25, 0.3) is 0 Å². The Hall–Kier alpha value is -0.780. The summed E-state index contributed by atoms with van der Waals surface area (Å²) in [6.45, 7) is 9.50. The third-order valence-electron chi connectivity index (χ3n) is 3.94. The molecule has 0 aliphatic carbocycles. The molecular weight excluding hydrogens is 192 g/mol. The molecule has 1 unspecified atom stereocenters. The molecule has 0 radical (unpaired) electrons. The van der Waals surface area contributed by atoms with Crippen molar-refractivity contribution in [2.75, 3.05) is 0 Å². The van der Waals surface area contributed by atoms with E-state index < -0.39 is 0 Å². The minimum absolute atomic E-state index is 0.490. The van der Waals surface area contributed by atoms with Gasteiger partial charge in [-0.3, -0.25) is 0 Å². The molecule has 0 saturated carbocycles. The minimum Gasteiger partial charge on any atom is -0.0654 e. The van der Waals surface area contributed by atoms with Crippen molar-refractivity contribution in [3.05, 3.63) is 35.9 Å². The van der Waals surface area contributed by atoms with E-state index in [0.29, 0.717) is 5.41 Å². The molecule has 16 heavy (non-hydrogen) atoms. The Kier molecular flexibility index (Phi) is 5.05. The second kappa shape index (κ2) is 6.08. The predicted octanol–water partition coefficient (Wildman–Crippen LogP) is 5.08. The van der Waals surface area contributed by atoms with Gasteiger partial charge in [-0.1, -0.05) is 64.4 Å². The Balaban J connectivity index is 2.43. The zero-order valence-corrected chi connectivity index (χ0v) is 11.3. The van der Waals surface area contributed by atoms with Gasteiger partial charge in [0.2, 0.25) is 0 Å². The fourth-order valence-corrected chi connectivity index (χ4v) is 2.31. The van der Waals surface area contributed by atoms with E-state index in [0.717, 1.165) is 5.92 Å². The van der Waals surface area contributed by atoms with Crippen LogP contribution in [0.25, 0.3) is 0 Å². The standard InChI is InChI=1S/C16H26/c1-5-13-16(3,4)14(2)11-12-15-9-7-6-8-10-15/h6-10,14H,5,11-13H2,1-4H3. The highest BCUT2D eigenvalue weighted by molar-refractivity contribution is 5.14. The van der Waals surface area contributed by atoms with Crippen molar-refractivity contribution in [1.82, 2.24) is 0 Å². The molecule has 1 atom stereocenters. The molecule has 90 valence electrons. The summed E-state index contributed by atoms with van der Waals surface area (Å²) in [5, 5.41) is 0. The fourth-order valence-electron chi connectivity index (χ4n) is 2.31. The zero-order valence-electron chi connectivity index (χ0n) is 11.3. The average molecular weight is 218 g/mol. The van der Waals surface area contributed by atoms with E-state index in [1.165, 1.54) is 31.2 Å². The second-order valence-corrected chi connectivity index (χ2v) is 5.66. The normalized spacial score (nSPS) is 13.8. The lowest BCUT2D eigenvalue weighted by Gasteiger charge is -2.31. The van der Waals surface area contributed by atoms with Crippen LogP contribution in [0.4, 0.5) is 0 Å². The van der Waals surface area contributed by atoms with Crippen LogP contribution >= 0.6 is 0 Å². The van der Waals surface area contributed by atoms with E-state index >= 15 is 0 Å². The number of aryl methyl sites for hydroxylation is 1. The molecule has 1 aromatic carbocycles. The Morgan fingerprint density at radius 1 is 1.12 bits per heavy atom. The van der Waals surface area contributed by atoms with E-state index in [1.54, 1.807) is 0 Å². The predicted molar refractivity (Wildman–Crippen MR) is 72.6 cm³/mol. The molecule has 0 spiro atoms. The van der Waals surface area contributed by atoms with E-state index in [4.69, 9.17) is 0 Å². The molecule has 1 rings (SSSR count).